The number of rotatable bonds is 1. The van der Waals surface area contributed by atoms with Gasteiger partial charge in [0.15, 0.2) is 0 Å². The van der Waals surface area contributed by atoms with E-state index in [1.807, 2.05) is 34.9 Å². The molecule has 3 aromatic rings. The van der Waals surface area contributed by atoms with E-state index in [9.17, 15) is 0 Å². The van der Waals surface area contributed by atoms with Crippen LogP contribution in [0.4, 0.5) is 5.95 Å². The van der Waals surface area contributed by atoms with Crippen molar-refractivity contribution >= 4 is 28.6 Å². The number of anilines is 1. The molecule has 0 radical (unpaired) electrons. The number of halogens is 1. The van der Waals surface area contributed by atoms with Gasteiger partial charge in [0, 0.05) is 5.02 Å². The van der Waals surface area contributed by atoms with Gasteiger partial charge in [-0.15, -0.1) is 0 Å². The predicted octanol–water partition coefficient (Wildman–Crippen LogP) is 4.56. The van der Waals surface area contributed by atoms with Crippen molar-refractivity contribution in [3.63, 3.8) is 0 Å². The van der Waals surface area contributed by atoms with Crippen molar-refractivity contribution in [2.75, 3.05) is 5.73 Å². The highest BCUT2D eigenvalue weighted by atomic mass is 35.5. The van der Waals surface area contributed by atoms with Crippen LogP contribution < -0.4 is 5.73 Å². The molecular weight excluding hydrogens is 282 g/mol. The molecule has 2 aromatic carbocycles. The zero-order valence-electron chi connectivity index (χ0n) is 12.4. The molecule has 0 bridgehead atoms. The Balaban J connectivity index is 2.36. The van der Waals surface area contributed by atoms with Crippen LogP contribution in [0, 0.1) is 0 Å². The summed E-state index contributed by atoms with van der Waals surface area (Å²) in [4.78, 5) is 4.44. The van der Waals surface area contributed by atoms with Crippen LogP contribution in [0.1, 0.15) is 26.3 Å². The third-order valence-corrected chi connectivity index (χ3v) is 3.83. The average molecular weight is 300 g/mol. The molecule has 1 heterocycles. The van der Waals surface area contributed by atoms with Gasteiger partial charge in [0.2, 0.25) is 5.95 Å². The van der Waals surface area contributed by atoms with E-state index in [1.54, 1.807) is 0 Å². The van der Waals surface area contributed by atoms with E-state index in [0.717, 1.165) is 16.7 Å². The van der Waals surface area contributed by atoms with Gasteiger partial charge in [0.05, 0.1) is 16.7 Å². The van der Waals surface area contributed by atoms with Gasteiger partial charge in [0.25, 0.3) is 0 Å². The van der Waals surface area contributed by atoms with Crippen LogP contribution in [-0.4, -0.2) is 9.55 Å². The lowest BCUT2D eigenvalue weighted by Crippen LogP contribution is -2.15. The van der Waals surface area contributed by atoms with Crippen molar-refractivity contribution in [1.29, 1.82) is 0 Å². The SMILES string of the molecule is CC(C)(C)c1ccccc1-n1c(N)nc2ccc(Cl)cc21. The second-order valence-corrected chi connectivity index (χ2v) is 6.64. The van der Waals surface area contributed by atoms with Gasteiger partial charge >= 0.3 is 0 Å². The molecule has 0 saturated heterocycles. The highest BCUT2D eigenvalue weighted by Crippen LogP contribution is 2.32. The Labute approximate surface area is 129 Å². The predicted molar refractivity (Wildman–Crippen MR) is 89.2 cm³/mol. The summed E-state index contributed by atoms with van der Waals surface area (Å²) < 4.78 is 1.97. The summed E-state index contributed by atoms with van der Waals surface area (Å²) in [5, 5.41) is 0.678. The van der Waals surface area contributed by atoms with Gasteiger partial charge in [-0.3, -0.25) is 4.57 Å². The van der Waals surface area contributed by atoms with Crippen molar-refractivity contribution in [3.05, 3.63) is 53.1 Å². The van der Waals surface area contributed by atoms with Crippen molar-refractivity contribution in [2.45, 2.75) is 26.2 Å². The number of nitrogens with two attached hydrogens (primary N) is 1. The highest BCUT2D eigenvalue weighted by molar-refractivity contribution is 6.31. The molecule has 0 spiro atoms. The molecule has 3 nitrogen and oxygen atoms in total. The summed E-state index contributed by atoms with van der Waals surface area (Å²) in [6, 6.07) is 13.9. The summed E-state index contributed by atoms with van der Waals surface area (Å²) in [7, 11) is 0. The Kier molecular flexibility index (Phi) is 3.18. The molecule has 2 N–H and O–H groups in total. The maximum atomic E-state index is 6.16. The van der Waals surface area contributed by atoms with Crippen LogP contribution in [0.5, 0.6) is 0 Å². The van der Waals surface area contributed by atoms with Gasteiger partial charge in [0.1, 0.15) is 0 Å². The molecule has 108 valence electrons. The van der Waals surface area contributed by atoms with Gasteiger partial charge < -0.3 is 5.73 Å². The maximum absolute atomic E-state index is 6.16. The number of imidazole rings is 1. The molecule has 0 fully saturated rings. The van der Waals surface area contributed by atoms with Crippen LogP contribution in [0.25, 0.3) is 16.7 Å². The number of benzene rings is 2. The molecule has 0 saturated carbocycles. The van der Waals surface area contributed by atoms with Crippen LogP contribution in [-0.2, 0) is 5.41 Å². The second-order valence-electron chi connectivity index (χ2n) is 6.21. The second kappa shape index (κ2) is 4.78. The summed E-state index contributed by atoms with van der Waals surface area (Å²) in [6.07, 6.45) is 0. The van der Waals surface area contributed by atoms with Crippen molar-refractivity contribution < 1.29 is 0 Å². The monoisotopic (exact) mass is 299 g/mol. The smallest absolute Gasteiger partial charge is 0.205 e. The van der Waals surface area contributed by atoms with Gasteiger partial charge in [-0.25, -0.2) is 4.98 Å². The lowest BCUT2D eigenvalue weighted by molar-refractivity contribution is 0.587. The molecule has 3 rings (SSSR count). The number of hydrogen-bond donors (Lipinski definition) is 1. The average Bonchev–Trinajstić information content (AvgIpc) is 2.73. The van der Waals surface area contributed by atoms with Crippen LogP contribution in [0.3, 0.4) is 0 Å². The fraction of sp³-hybridized carbons (Fsp3) is 0.235. The molecule has 4 heteroatoms. The molecule has 0 aliphatic carbocycles. The topological polar surface area (TPSA) is 43.8 Å². The molecule has 0 aliphatic rings. The fourth-order valence-corrected chi connectivity index (χ4v) is 2.79. The Hall–Kier alpha value is -2.00. The van der Waals surface area contributed by atoms with Crippen LogP contribution in [0.15, 0.2) is 42.5 Å². The number of para-hydroxylation sites is 1. The number of nitrogens with zero attached hydrogens (tertiary/aromatic N) is 2. The Morgan fingerprint density at radius 3 is 2.52 bits per heavy atom. The molecular formula is C17H18ClN3. The number of nitrogen functional groups attached to an aromatic ring is 1. The fourth-order valence-electron chi connectivity index (χ4n) is 2.62. The standard InChI is InChI=1S/C17H18ClN3/c1-17(2,3)12-6-4-5-7-14(12)21-15-10-11(18)8-9-13(15)20-16(21)19/h4-10H,1-3H3,(H2,19,20). The first kappa shape index (κ1) is 14.0. The van der Waals surface area contributed by atoms with Crippen LogP contribution in [0.2, 0.25) is 5.02 Å². The minimum Gasteiger partial charge on any atom is -0.369 e. The first-order valence-electron chi connectivity index (χ1n) is 6.91. The van der Waals surface area contributed by atoms with E-state index in [2.05, 4.69) is 37.9 Å². The zero-order chi connectivity index (χ0) is 15.2. The third-order valence-electron chi connectivity index (χ3n) is 3.60. The van der Waals surface area contributed by atoms with Crippen molar-refractivity contribution in [3.8, 4) is 5.69 Å². The molecule has 0 unspecified atom stereocenters. The lowest BCUT2D eigenvalue weighted by atomic mass is 9.85. The summed E-state index contributed by atoms with van der Waals surface area (Å²) in [5.41, 5.74) is 10.2. The highest BCUT2D eigenvalue weighted by Gasteiger charge is 2.21. The van der Waals surface area contributed by atoms with Gasteiger partial charge in [-0.2, -0.15) is 0 Å². The Bertz CT molecular complexity index is 813. The molecule has 21 heavy (non-hydrogen) atoms. The van der Waals surface area contributed by atoms with E-state index >= 15 is 0 Å². The number of fused-ring (bicyclic) bond motifs is 1. The maximum Gasteiger partial charge on any atom is 0.205 e. The quantitative estimate of drug-likeness (QED) is 0.716. The molecule has 0 amide bonds. The molecule has 0 aliphatic heterocycles. The zero-order valence-corrected chi connectivity index (χ0v) is 13.1. The first-order chi connectivity index (χ1) is 9.88. The summed E-state index contributed by atoms with van der Waals surface area (Å²) in [6.45, 7) is 6.57. The number of aromatic nitrogens is 2. The normalized spacial score (nSPS) is 12.0. The Morgan fingerprint density at radius 1 is 1.10 bits per heavy atom. The lowest BCUT2D eigenvalue weighted by Gasteiger charge is -2.23. The van der Waals surface area contributed by atoms with Crippen molar-refractivity contribution in [1.82, 2.24) is 9.55 Å². The minimum atomic E-state index is 0.0121. The van der Waals surface area contributed by atoms with E-state index < -0.39 is 0 Å². The molecule has 1 aromatic heterocycles. The van der Waals surface area contributed by atoms with Crippen LogP contribution >= 0.6 is 11.6 Å². The van der Waals surface area contributed by atoms with E-state index in [1.165, 1.54) is 5.56 Å². The Morgan fingerprint density at radius 2 is 1.81 bits per heavy atom. The summed E-state index contributed by atoms with van der Waals surface area (Å²) >= 11 is 6.14. The van der Waals surface area contributed by atoms with Crippen molar-refractivity contribution in [2.24, 2.45) is 0 Å². The van der Waals surface area contributed by atoms with E-state index in [0.29, 0.717) is 11.0 Å². The third kappa shape index (κ3) is 2.38. The van der Waals surface area contributed by atoms with E-state index in [-0.39, 0.29) is 5.41 Å². The number of hydrogen-bond acceptors (Lipinski definition) is 2. The molecule has 0 atom stereocenters. The minimum absolute atomic E-state index is 0.0121. The first-order valence-corrected chi connectivity index (χ1v) is 7.29. The van der Waals surface area contributed by atoms with Gasteiger partial charge in [-0.1, -0.05) is 50.6 Å². The largest absolute Gasteiger partial charge is 0.369 e. The summed E-state index contributed by atoms with van der Waals surface area (Å²) in [5.74, 6) is 0.476. The van der Waals surface area contributed by atoms with E-state index in [4.69, 9.17) is 17.3 Å². The van der Waals surface area contributed by atoms with Gasteiger partial charge in [-0.05, 0) is 35.2 Å².